The number of fused-ring (bicyclic) bond motifs is 1. The van der Waals surface area contributed by atoms with Crippen molar-refractivity contribution in [2.75, 3.05) is 18.1 Å². The van der Waals surface area contributed by atoms with Gasteiger partial charge in [-0.1, -0.05) is 6.92 Å². The molecule has 1 aliphatic rings. The van der Waals surface area contributed by atoms with Crippen molar-refractivity contribution >= 4 is 17.7 Å². The minimum atomic E-state index is -1.04. The van der Waals surface area contributed by atoms with Gasteiger partial charge in [-0.25, -0.2) is 9.48 Å². The molecule has 0 saturated heterocycles. The van der Waals surface area contributed by atoms with Gasteiger partial charge in [0.2, 0.25) is 0 Å². The fourth-order valence-corrected chi connectivity index (χ4v) is 2.64. The first kappa shape index (κ1) is 15.1. The Morgan fingerprint density at radius 2 is 2.00 bits per heavy atom. The standard InChI is InChI=1S/C16H17N3O4/c1-11-8-18(14-6-7-17-19(14)9-11)16(22)12-2-4-13(5-3-12)23-10-15(20)21/h2-7,11H,8-10H2,1H3,(H,20,21). The zero-order chi connectivity index (χ0) is 16.4. The molecule has 1 atom stereocenters. The van der Waals surface area contributed by atoms with E-state index in [2.05, 4.69) is 12.0 Å². The van der Waals surface area contributed by atoms with Gasteiger partial charge in [0.1, 0.15) is 11.6 Å². The van der Waals surface area contributed by atoms with Gasteiger partial charge in [0.15, 0.2) is 6.61 Å². The Morgan fingerprint density at radius 3 is 2.70 bits per heavy atom. The van der Waals surface area contributed by atoms with Crippen LogP contribution in [-0.2, 0) is 11.3 Å². The number of carbonyl (C=O) groups is 2. The highest BCUT2D eigenvalue weighted by Gasteiger charge is 2.27. The smallest absolute Gasteiger partial charge is 0.341 e. The molecule has 1 aliphatic heterocycles. The molecule has 1 N–H and O–H groups in total. The first-order valence-electron chi connectivity index (χ1n) is 7.33. The van der Waals surface area contributed by atoms with Crippen LogP contribution in [0.1, 0.15) is 17.3 Å². The van der Waals surface area contributed by atoms with Gasteiger partial charge in [-0.15, -0.1) is 0 Å². The van der Waals surface area contributed by atoms with E-state index < -0.39 is 12.6 Å². The molecule has 1 aromatic carbocycles. The first-order valence-corrected chi connectivity index (χ1v) is 7.33. The van der Waals surface area contributed by atoms with Gasteiger partial charge in [-0.05, 0) is 30.2 Å². The SMILES string of the molecule is CC1CN(C(=O)c2ccc(OCC(=O)O)cc2)c2ccnn2C1. The van der Waals surface area contributed by atoms with Crippen LogP contribution in [0.25, 0.3) is 0 Å². The molecule has 2 aromatic rings. The molecule has 0 saturated carbocycles. The monoisotopic (exact) mass is 315 g/mol. The number of aliphatic carboxylic acids is 1. The first-order chi connectivity index (χ1) is 11.0. The van der Waals surface area contributed by atoms with Gasteiger partial charge in [0.25, 0.3) is 5.91 Å². The average molecular weight is 315 g/mol. The number of carboxylic acid groups (broad SMARTS) is 1. The van der Waals surface area contributed by atoms with Crippen molar-refractivity contribution in [2.45, 2.75) is 13.5 Å². The van der Waals surface area contributed by atoms with Crippen LogP contribution in [0.5, 0.6) is 5.75 Å². The number of rotatable bonds is 4. The Kier molecular flexibility index (Phi) is 4.01. The molecule has 0 bridgehead atoms. The highest BCUT2D eigenvalue weighted by Crippen LogP contribution is 2.25. The minimum absolute atomic E-state index is 0.108. The highest BCUT2D eigenvalue weighted by molar-refractivity contribution is 6.05. The highest BCUT2D eigenvalue weighted by atomic mass is 16.5. The molecule has 120 valence electrons. The Bertz CT molecular complexity index is 723. The van der Waals surface area contributed by atoms with E-state index in [1.54, 1.807) is 35.4 Å². The Morgan fingerprint density at radius 1 is 1.26 bits per heavy atom. The van der Waals surface area contributed by atoms with Gasteiger partial charge in [0.05, 0.1) is 6.20 Å². The van der Waals surface area contributed by atoms with Crippen molar-refractivity contribution in [1.82, 2.24) is 9.78 Å². The van der Waals surface area contributed by atoms with E-state index in [9.17, 15) is 9.59 Å². The lowest BCUT2D eigenvalue weighted by Crippen LogP contribution is -2.41. The maximum Gasteiger partial charge on any atom is 0.341 e. The van der Waals surface area contributed by atoms with Crippen molar-refractivity contribution in [3.05, 3.63) is 42.1 Å². The Balaban J connectivity index is 1.77. The molecule has 0 aliphatic carbocycles. The maximum absolute atomic E-state index is 12.7. The molecular formula is C16H17N3O4. The van der Waals surface area contributed by atoms with Gasteiger partial charge in [-0.2, -0.15) is 5.10 Å². The molecule has 1 unspecified atom stereocenters. The summed E-state index contributed by atoms with van der Waals surface area (Å²) < 4.78 is 6.90. The van der Waals surface area contributed by atoms with Crippen molar-refractivity contribution in [3.8, 4) is 5.75 Å². The zero-order valence-electron chi connectivity index (χ0n) is 12.7. The van der Waals surface area contributed by atoms with Crippen LogP contribution in [0.4, 0.5) is 5.82 Å². The normalized spacial score (nSPS) is 16.7. The molecule has 2 heterocycles. The Labute approximate surface area is 133 Å². The van der Waals surface area contributed by atoms with E-state index in [1.807, 2.05) is 10.7 Å². The van der Waals surface area contributed by atoms with Crippen LogP contribution in [0.3, 0.4) is 0 Å². The summed E-state index contributed by atoms with van der Waals surface area (Å²) in [6, 6.07) is 8.30. The molecule has 1 aromatic heterocycles. The number of carboxylic acids is 1. The second kappa shape index (κ2) is 6.12. The van der Waals surface area contributed by atoms with Gasteiger partial charge < -0.3 is 9.84 Å². The van der Waals surface area contributed by atoms with Crippen molar-refractivity contribution in [2.24, 2.45) is 5.92 Å². The molecule has 7 heteroatoms. The number of anilines is 1. The van der Waals surface area contributed by atoms with Gasteiger partial charge in [0, 0.05) is 24.7 Å². The van der Waals surface area contributed by atoms with Crippen LogP contribution >= 0.6 is 0 Å². The number of ether oxygens (including phenoxy) is 1. The zero-order valence-corrected chi connectivity index (χ0v) is 12.7. The van der Waals surface area contributed by atoms with Crippen LogP contribution in [0, 0.1) is 5.92 Å². The third-order valence-electron chi connectivity index (χ3n) is 3.66. The topological polar surface area (TPSA) is 84.7 Å². The fourth-order valence-electron chi connectivity index (χ4n) is 2.64. The average Bonchev–Trinajstić information content (AvgIpc) is 3.00. The summed E-state index contributed by atoms with van der Waals surface area (Å²) in [5, 5.41) is 12.8. The predicted octanol–water partition coefficient (Wildman–Crippen LogP) is 1.64. The number of aromatic nitrogens is 2. The summed E-state index contributed by atoms with van der Waals surface area (Å²) in [7, 11) is 0. The number of carbonyl (C=O) groups excluding carboxylic acids is 1. The molecule has 3 rings (SSSR count). The molecule has 23 heavy (non-hydrogen) atoms. The summed E-state index contributed by atoms with van der Waals surface area (Å²) in [5.41, 5.74) is 0.523. The van der Waals surface area contributed by atoms with Gasteiger partial charge in [-0.3, -0.25) is 9.69 Å². The number of hydrogen-bond acceptors (Lipinski definition) is 4. The minimum Gasteiger partial charge on any atom is -0.482 e. The number of hydrogen-bond donors (Lipinski definition) is 1. The molecule has 0 radical (unpaired) electrons. The third kappa shape index (κ3) is 3.18. The Hall–Kier alpha value is -2.83. The number of nitrogens with zero attached hydrogens (tertiary/aromatic N) is 3. The number of benzene rings is 1. The summed E-state index contributed by atoms with van der Waals surface area (Å²) in [6.45, 7) is 3.11. The van der Waals surface area contributed by atoms with Crippen LogP contribution in [-0.4, -0.2) is 39.9 Å². The maximum atomic E-state index is 12.7. The summed E-state index contributed by atoms with van der Waals surface area (Å²) >= 11 is 0. The van der Waals surface area contributed by atoms with Gasteiger partial charge >= 0.3 is 5.97 Å². The quantitative estimate of drug-likeness (QED) is 0.927. The molecular weight excluding hydrogens is 298 g/mol. The van der Waals surface area contributed by atoms with Crippen molar-refractivity contribution < 1.29 is 19.4 Å². The lowest BCUT2D eigenvalue weighted by atomic mass is 10.1. The van der Waals surface area contributed by atoms with Crippen LogP contribution in [0.2, 0.25) is 0 Å². The molecule has 7 nitrogen and oxygen atoms in total. The van der Waals surface area contributed by atoms with E-state index >= 15 is 0 Å². The van der Waals surface area contributed by atoms with Crippen LogP contribution < -0.4 is 9.64 Å². The molecule has 0 spiro atoms. The molecule has 1 amide bonds. The van der Waals surface area contributed by atoms with Crippen molar-refractivity contribution in [1.29, 1.82) is 0 Å². The second-order valence-corrected chi connectivity index (χ2v) is 5.60. The summed E-state index contributed by atoms with van der Waals surface area (Å²) in [4.78, 5) is 24.9. The largest absolute Gasteiger partial charge is 0.482 e. The van der Waals surface area contributed by atoms with E-state index in [1.165, 1.54) is 0 Å². The number of amides is 1. The van der Waals surface area contributed by atoms with E-state index in [0.29, 0.717) is 23.8 Å². The fraction of sp³-hybridized carbons (Fsp3) is 0.312. The summed E-state index contributed by atoms with van der Waals surface area (Å²) in [6.07, 6.45) is 1.69. The van der Waals surface area contributed by atoms with Crippen molar-refractivity contribution in [3.63, 3.8) is 0 Å². The van der Waals surface area contributed by atoms with E-state index in [-0.39, 0.29) is 5.91 Å². The lowest BCUT2D eigenvalue weighted by Gasteiger charge is -2.31. The predicted molar refractivity (Wildman–Crippen MR) is 82.6 cm³/mol. The third-order valence-corrected chi connectivity index (χ3v) is 3.66. The van der Waals surface area contributed by atoms with E-state index in [0.717, 1.165) is 12.4 Å². The van der Waals surface area contributed by atoms with E-state index in [4.69, 9.17) is 9.84 Å². The second-order valence-electron chi connectivity index (χ2n) is 5.60. The lowest BCUT2D eigenvalue weighted by molar-refractivity contribution is -0.139. The summed E-state index contributed by atoms with van der Waals surface area (Å²) in [5.74, 6) is 0.383. The van der Waals surface area contributed by atoms with Crippen LogP contribution in [0.15, 0.2) is 36.5 Å². The molecule has 0 fully saturated rings.